The topological polar surface area (TPSA) is 115 Å². The molecule has 0 bridgehead atoms. The first kappa shape index (κ1) is 21.9. The number of ether oxygens (including phenoxy) is 1. The van der Waals surface area contributed by atoms with E-state index in [0.717, 1.165) is 11.1 Å². The third kappa shape index (κ3) is 4.52. The van der Waals surface area contributed by atoms with Crippen LogP contribution in [0.25, 0.3) is 0 Å². The van der Waals surface area contributed by atoms with Crippen molar-refractivity contribution in [2.75, 3.05) is 6.61 Å². The van der Waals surface area contributed by atoms with Crippen molar-refractivity contribution >= 4 is 23.3 Å². The number of furan rings is 1. The molecule has 1 aromatic heterocycles. The van der Waals surface area contributed by atoms with Crippen molar-refractivity contribution in [1.29, 1.82) is 0 Å². The lowest BCUT2D eigenvalue weighted by molar-refractivity contribution is -0.385. The van der Waals surface area contributed by atoms with Crippen molar-refractivity contribution in [2.24, 2.45) is 5.10 Å². The number of hydrogen-bond acceptors (Lipinski definition) is 7. The van der Waals surface area contributed by atoms with Crippen LogP contribution in [0.1, 0.15) is 45.3 Å². The van der Waals surface area contributed by atoms with Gasteiger partial charge in [0.1, 0.15) is 11.8 Å². The average Bonchev–Trinajstić information content (AvgIpc) is 3.48. The first-order valence-corrected chi connectivity index (χ1v) is 10.3. The van der Waals surface area contributed by atoms with Crippen LogP contribution in [0, 0.1) is 24.0 Å². The molecule has 168 valence electrons. The van der Waals surface area contributed by atoms with Crippen LogP contribution >= 0.6 is 0 Å². The predicted octanol–water partition coefficient (Wildman–Crippen LogP) is 4.34. The molecule has 0 saturated carbocycles. The van der Waals surface area contributed by atoms with Crippen molar-refractivity contribution < 1.29 is 23.7 Å². The first-order valence-electron chi connectivity index (χ1n) is 10.3. The highest BCUT2D eigenvalue weighted by Gasteiger charge is 2.35. The third-order valence-electron chi connectivity index (χ3n) is 5.47. The summed E-state index contributed by atoms with van der Waals surface area (Å²) in [5, 5.41) is 16.9. The SMILES string of the molecule is Cc1ccc(C2=NN(C(=O)COC(=O)c3cccc([N+](=O)[O-])c3C)C(c3ccco3)C2)cc1. The van der Waals surface area contributed by atoms with Gasteiger partial charge in [-0.05, 0) is 37.6 Å². The Hall–Kier alpha value is -4.27. The van der Waals surface area contributed by atoms with Crippen molar-refractivity contribution in [2.45, 2.75) is 26.3 Å². The number of hydrogen-bond donors (Lipinski definition) is 0. The van der Waals surface area contributed by atoms with Crippen LogP contribution in [0.5, 0.6) is 0 Å². The summed E-state index contributed by atoms with van der Waals surface area (Å²) in [5.41, 5.74) is 2.72. The number of carbonyl (C=O) groups is 2. The molecule has 1 amide bonds. The standard InChI is InChI=1S/C24H21N3O6/c1-15-8-10-17(11-9-15)19-13-21(22-7-4-12-32-22)26(25-19)23(28)14-33-24(29)18-5-3-6-20(16(18)2)27(30)31/h3-12,21H,13-14H2,1-2H3. The van der Waals surface area contributed by atoms with E-state index in [9.17, 15) is 19.7 Å². The maximum absolute atomic E-state index is 13.0. The van der Waals surface area contributed by atoms with E-state index in [0.29, 0.717) is 17.9 Å². The molecule has 0 aliphatic carbocycles. The van der Waals surface area contributed by atoms with Gasteiger partial charge in [-0.2, -0.15) is 5.10 Å². The lowest BCUT2D eigenvalue weighted by Crippen LogP contribution is -2.31. The summed E-state index contributed by atoms with van der Waals surface area (Å²) in [6.07, 6.45) is 1.97. The zero-order valence-electron chi connectivity index (χ0n) is 18.1. The summed E-state index contributed by atoms with van der Waals surface area (Å²) in [7, 11) is 0. The number of rotatable bonds is 6. The normalized spacial score (nSPS) is 15.3. The quantitative estimate of drug-likeness (QED) is 0.315. The minimum absolute atomic E-state index is 0.0323. The van der Waals surface area contributed by atoms with E-state index in [1.807, 2.05) is 31.2 Å². The second-order valence-electron chi connectivity index (χ2n) is 7.67. The molecule has 3 aromatic rings. The van der Waals surface area contributed by atoms with Crippen LogP contribution < -0.4 is 0 Å². The van der Waals surface area contributed by atoms with E-state index < -0.39 is 29.4 Å². The highest BCUT2D eigenvalue weighted by molar-refractivity contribution is 6.03. The van der Waals surface area contributed by atoms with Crippen LogP contribution in [-0.4, -0.2) is 34.1 Å². The van der Waals surface area contributed by atoms with E-state index in [1.165, 1.54) is 36.4 Å². The summed E-state index contributed by atoms with van der Waals surface area (Å²) in [6, 6.07) is 14.9. The Kier molecular flexibility index (Phi) is 6.03. The number of hydrazone groups is 1. The Bertz CT molecular complexity index is 1230. The van der Waals surface area contributed by atoms with Gasteiger partial charge < -0.3 is 9.15 Å². The highest BCUT2D eigenvalue weighted by atomic mass is 16.6. The van der Waals surface area contributed by atoms with Crippen LogP contribution in [0.3, 0.4) is 0 Å². The Balaban J connectivity index is 1.52. The van der Waals surface area contributed by atoms with E-state index >= 15 is 0 Å². The monoisotopic (exact) mass is 447 g/mol. The smallest absolute Gasteiger partial charge is 0.339 e. The fraction of sp³-hybridized carbons (Fsp3) is 0.208. The number of nitrogens with zero attached hydrogens (tertiary/aromatic N) is 3. The number of nitro benzene ring substituents is 1. The van der Waals surface area contributed by atoms with Gasteiger partial charge in [0.25, 0.3) is 11.6 Å². The molecule has 9 heteroatoms. The van der Waals surface area contributed by atoms with Gasteiger partial charge in [0.15, 0.2) is 6.61 Å². The zero-order chi connectivity index (χ0) is 23.5. The minimum atomic E-state index is -0.818. The molecule has 4 rings (SSSR count). The lowest BCUT2D eigenvalue weighted by Gasteiger charge is -2.19. The molecule has 9 nitrogen and oxygen atoms in total. The van der Waals surface area contributed by atoms with Crippen molar-refractivity contribution in [3.63, 3.8) is 0 Å². The molecule has 33 heavy (non-hydrogen) atoms. The Morgan fingerprint density at radius 2 is 1.91 bits per heavy atom. The molecule has 1 aliphatic rings. The summed E-state index contributed by atoms with van der Waals surface area (Å²) in [6.45, 7) is 2.88. The number of benzene rings is 2. The maximum Gasteiger partial charge on any atom is 0.339 e. The molecule has 2 heterocycles. The largest absolute Gasteiger partial charge is 0.467 e. The van der Waals surface area contributed by atoms with Crippen molar-refractivity contribution in [3.05, 3.63) is 99.0 Å². The van der Waals surface area contributed by atoms with Gasteiger partial charge in [-0.25, -0.2) is 9.80 Å². The third-order valence-corrected chi connectivity index (χ3v) is 5.47. The molecule has 1 aliphatic heterocycles. The lowest BCUT2D eigenvalue weighted by atomic mass is 10.0. The Morgan fingerprint density at radius 3 is 2.58 bits per heavy atom. The van der Waals surface area contributed by atoms with Crippen LogP contribution in [0.4, 0.5) is 5.69 Å². The molecule has 0 spiro atoms. The van der Waals surface area contributed by atoms with Gasteiger partial charge in [-0.1, -0.05) is 35.9 Å². The molecule has 1 atom stereocenters. The molecule has 0 N–H and O–H groups in total. The van der Waals surface area contributed by atoms with Crippen LogP contribution in [0.2, 0.25) is 0 Å². The van der Waals surface area contributed by atoms with Gasteiger partial charge in [0.2, 0.25) is 0 Å². The van der Waals surface area contributed by atoms with E-state index in [1.54, 1.807) is 12.1 Å². The van der Waals surface area contributed by atoms with E-state index in [4.69, 9.17) is 9.15 Å². The first-order chi connectivity index (χ1) is 15.8. The van der Waals surface area contributed by atoms with E-state index in [2.05, 4.69) is 5.10 Å². The zero-order valence-corrected chi connectivity index (χ0v) is 18.1. The van der Waals surface area contributed by atoms with Crippen LogP contribution in [-0.2, 0) is 9.53 Å². The average molecular weight is 447 g/mol. The summed E-state index contributed by atoms with van der Waals surface area (Å²) in [4.78, 5) is 36.0. The number of aryl methyl sites for hydroxylation is 1. The molecule has 0 radical (unpaired) electrons. The Labute approximate surface area is 189 Å². The molecular weight excluding hydrogens is 426 g/mol. The van der Waals surface area contributed by atoms with Crippen molar-refractivity contribution in [1.82, 2.24) is 5.01 Å². The van der Waals surface area contributed by atoms with Crippen molar-refractivity contribution in [3.8, 4) is 0 Å². The second-order valence-corrected chi connectivity index (χ2v) is 7.67. The van der Waals surface area contributed by atoms with Crippen LogP contribution in [0.15, 0.2) is 70.4 Å². The summed E-state index contributed by atoms with van der Waals surface area (Å²) < 4.78 is 10.7. The van der Waals surface area contributed by atoms with Gasteiger partial charge >= 0.3 is 5.97 Å². The van der Waals surface area contributed by atoms with Gasteiger partial charge in [0, 0.05) is 18.1 Å². The van der Waals surface area contributed by atoms with Gasteiger partial charge in [0.05, 0.1) is 22.5 Å². The maximum atomic E-state index is 13.0. The molecule has 2 aromatic carbocycles. The Morgan fingerprint density at radius 1 is 1.15 bits per heavy atom. The number of esters is 1. The van der Waals surface area contributed by atoms with Gasteiger partial charge in [-0.3, -0.25) is 14.9 Å². The number of amides is 1. The fourth-order valence-electron chi connectivity index (χ4n) is 3.68. The molecule has 0 saturated heterocycles. The predicted molar refractivity (Wildman–Crippen MR) is 119 cm³/mol. The number of carbonyl (C=O) groups excluding carboxylic acids is 2. The molecule has 0 fully saturated rings. The highest BCUT2D eigenvalue weighted by Crippen LogP contribution is 2.33. The molecule has 1 unspecified atom stereocenters. The minimum Gasteiger partial charge on any atom is -0.467 e. The van der Waals surface area contributed by atoms with Gasteiger partial charge in [-0.15, -0.1) is 0 Å². The number of nitro groups is 1. The van der Waals surface area contributed by atoms with E-state index in [-0.39, 0.29) is 16.8 Å². The fourth-order valence-corrected chi connectivity index (χ4v) is 3.68. The summed E-state index contributed by atoms with van der Waals surface area (Å²) in [5.74, 6) is -0.786. The molecular formula is C24H21N3O6. The second kappa shape index (κ2) is 9.07. The summed E-state index contributed by atoms with van der Waals surface area (Å²) >= 11 is 0.